The van der Waals surface area contributed by atoms with Crippen molar-refractivity contribution in [1.29, 1.82) is 0 Å². The molecule has 1 aliphatic carbocycles. The van der Waals surface area contributed by atoms with Crippen molar-refractivity contribution >= 4 is 22.9 Å². The Hall–Kier alpha value is -2.83. The molecule has 0 spiro atoms. The van der Waals surface area contributed by atoms with E-state index >= 15 is 0 Å². The summed E-state index contributed by atoms with van der Waals surface area (Å²) in [5, 5.41) is 24.2. The third-order valence-corrected chi connectivity index (χ3v) is 6.65. The second kappa shape index (κ2) is 14.0. The summed E-state index contributed by atoms with van der Waals surface area (Å²) < 4.78 is 0. The molecule has 0 radical (unpaired) electrons. The fraction of sp³-hybridized carbons (Fsp3) is 0.708. The second-order valence-electron chi connectivity index (χ2n) is 9.59. The fourth-order valence-electron chi connectivity index (χ4n) is 4.55. The van der Waals surface area contributed by atoms with Gasteiger partial charge in [0.15, 0.2) is 11.5 Å². The number of likely N-dealkylation sites (N-methyl/N-ethyl adjacent to an activating group) is 1. The number of H-pyrrole nitrogens is 1. The number of piperazine rings is 1. The number of nitrogens with zero attached hydrogens (tertiary/aromatic N) is 7. The predicted octanol–water partition coefficient (Wildman–Crippen LogP) is 1.89. The number of aromatic nitrogens is 4. The molecule has 0 bridgehead atoms. The first-order valence-electron chi connectivity index (χ1n) is 13.3. The molecule has 5 N–H and O–H groups in total. The standard InChI is InChI=1S/C24H42N12/c1-19(33-34-35(2)14-11-25-9-6-10-27-20-7-4-3-5-8-20)17-28-22-21-23(30-18-29-21)32-24(31-22)36-15-12-26-13-16-36/h18,20,25-27H,1,3-17H2,2H3,(H2,28,29,30,31,32)/b34-33-. The topological polar surface area (TPSA) is 134 Å². The van der Waals surface area contributed by atoms with E-state index in [1.165, 1.54) is 32.1 Å². The van der Waals surface area contributed by atoms with Gasteiger partial charge in [0.1, 0.15) is 5.52 Å². The quantitative estimate of drug-likeness (QED) is 0.150. The van der Waals surface area contributed by atoms with E-state index in [1.54, 1.807) is 6.33 Å². The van der Waals surface area contributed by atoms with Crippen LogP contribution in [0.5, 0.6) is 0 Å². The van der Waals surface area contributed by atoms with Crippen LogP contribution in [0.3, 0.4) is 0 Å². The van der Waals surface area contributed by atoms with Gasteiger partial charge in [-0.1, -0.05) is 31.1 Å². The van der Waals surface area contributed by atoms with Gasteiger partial charge in [0.2, 0.25) is 5.95 Å². The van der Waals surface area contributed by atoms with Crippen LogP contribution in [0, 0.1) is 0 Å². The van der Waals surface area contributed by atoms with Gasteiger partial charge in [0, 0.05) is 52.4 Å². The van der Waals surface area contributed by atoms with Gasteiger partial charge in [-0.25, -0.2) is 4.98 Å². The van der Waals surface area contributed by atoms with Crippen LogP contribution < -0.4 is 26.2 Å². The Kier molecular flexibility index (Phi) is 10.2. The molecular weight excluding hydrogens is 456 g/mol. The normalized spacial score (nSPS) is 17.2. The zero-order valence-electron chi connectivity index (χ0n) is 21.6. The summed E-state index contributed by atoms with van der Waals surface area (Å²) in [7, 11) is 1.92. The minimum absolute atomic E-state index is 0.420. The van der Waals surface area contributed by atoms with Crippen LogP contribution in [0.4, 0.5) is 11.8 Å². The lowest BCUT2D eigenvalue weighted by Crippen LogP contribution is -2.44. The van der Waals surface area contributed by atoms with Crippen LogP contribution in [0.1, 0.15) is 38.5 Å². The number of hydrogen-bond acceptors (Lipinski definition) is 10. The smallest absolute Gasteiger partial charge is 0.229 e. The Balaban J connectivity index is 1.13. The van der Waals surface area contributed by atoms with Crippen molar-refractivity contribution in [2.45, 2.75) is 44.6 Å². The van der Waals surface area contributed by atoms with E-state index in [0.717, 1.165) is 64.8 Å². The number of anilines is 2. The average Bonchev–Trinajstić information content (AvgIpc) is 3.40. The summed E-state index contributed by atoms with van der Waals surface area (Å²) in [5.41, 5.74) is 2.04. The molecule has 0 aromatic carbocycles. The lowest BCUT2D eigenvalue weighted by Gasteiger charge is -2.27. The fourth-order valence-corrected chi connectivity index (χ4v) is 4.55. The van der Waals surface area contributed by atoms with Gasteiger partial charge in [0.25, 0.3) is 0 Å². The number of fused-ring (bicyclic) bond motifs is 1. The highest BCUT2D eigenvalue weighted by molar-refractivity contribution is 5.83. The van der Waals surface area contributed by atoms with Crippen molar-refractivity contribution in [3.63, 3.8) is 0 Å². The van der Waals surface area contributed by atoms with Gasteiger partial charge in [-0.3, -0.25) is 5.01 Å². The Morgan fingerprint density at radius 3 is 2.83 bits per heavy atom. The predicted molar refractivity (Wildman–Crippen MR) is 144 cm³/mol. The van der Waals surface area contributed by atoms with E-state index in [1.807, 2.05) is 12.1 Å². The molecule has 4 rings (SSSR count). The first-order chi connectivity index (χ1) is 17.7. The first kappa shape index (κ1) is 26.2. The zero-order valence-corrected chi connectivity index (χ0v) is 21.6. The van der Waals surface area contributed by atoms with E-state index in [9.17, 15) is 0 Å². The molecular formula is C24H42N12. The highest BCUT2D eigenvalue weighted by Crippen LogP contribution is 2.21. The third kappa shape index (κ3) is 8.10. The maximum atomic E-state index is 4.72. The van der Waals surface area contributed by atoms with Crippen LogP contribution in [-0.2, 0) is 0 Å². The molecule has 1 saturated heterocycles. The van der Waals surface area contributed by atoms with Crippen molar-refractivity contribution in [2.24, 2.45) is 10.3 Å². The molecule has 0 amide bonds. The lowest BCUT2D eigenvalue weighted by atomic mass is 9.95. The molecule has 0 unspecified atom stereocenters. The molecule has 12 nitrogen and oxygen atoms in total. The number of hydrogen-bond donors (Lipinski definition) is 5. The van der Waals surface area contributed by atoms with Crippen molar-refractivity contribution in [2.75, 3.05) is 76.2 Å². The summed E-state index contributed by atoms with van der Waals surface area (Å²) in [4.78, 5) is 19.0. The van der Waals surface area contributed by atoms with Gasteiger partial charge >= 0.3 is 0 Å². The molecule has 2 aromatic rings. The molecule has 36 heavy (non-hydrogen) atoms. The highest BCUT2D eigenvalue weighted by Gasteiger charge is 2.17. The largest absolute Gasteiger partial charge is 0.362 e. The summed E-state index contributed by atoms with van der Waals surface area (Å²) in [5.74, 6) is 1.36. The lowest BCUT2D eigenvalue weighted by molar-refractivity contribution is 0.325. The van der Waals surface area contributed by atoms with Gasteiger partial charge < -0.3 is 31.2 Å². The van der Waals surface area contributed by atoms with Crippen LogP contribution in [0.15, 0.2) is 28.9 Å². The number of aromatic amines is 1. The first-order valence-corrected chi connectivity index (χ1v) is 13.3. The summed E-state index contributed by atoms with van der Waals surface area (Å²) >= 11 is 0. The van der Waals surface area contributed by atoms with Gasteiger partial charge in [-0.2, -0.15) is 9.97 Å². The van der Waals surface area contributed by atoms with E-state index in [0.29, 0.717) is 35.2 Å². The van der Waals surface area contributed by atoms with Crippen LogP contribution in [-0.4, -0.2) is 96.9 Å². The zero-order chi connectivity index (χ0) is 25.0. The van der Waals surface area contributed by atoms with Crippen molar-refractivity contribution in [3.8, 4) is 0 Å². The van der Waals surface area contributed by atoms with E-state index < -0.39 is 0 Å². The molecule has 3 heterocycles. The third-order valence-electron chi connectivity index (χ3n) is 6.65. The summed E-state index contributed by atoms with van der Waals surface area (Å²) in [6.07, 6.45) is 9.63. The molecule has 12 heteroatoms. The average molecular weight is 499 g/mol. The van der Waals surface area contributed by atoms with Crippen molar-refractivity contribution in [3.05, 3.63) is 18.6 Å². The SMILES string of the molecule is C=C(CNc1nc(N2CCNCC2)nc2[nH]cnc12)/N=N\N(C)CCNCCCNC1CCCCC1. The number of imidazole rings is 1. The molecule has 1 aliphatic heterocycles. The molecule has 2 aromatic heterocycles. The van der Waals surface area contributed by atoms with E-state index in [-0.39, 0.29) is 0 Å². The van der Waals surface area contributed by atoms with Gasteiger partial charge in [0.05, 0.1) is 18.6 Å². The minimum atomic E-state index is 0.420. The molecule has 2 aliphatic rings. The molecule has 198 valence electrons. The number of nitrogens with one attached hydrogen (secondary N) is 5. The Morgan fingerprint density at radius 2 is 2.00 bits per heavy atom. The Labute approximate surface area is 213 Å². The van der Waals surface area contributed by atoms with E-state index in [4.69, 9.17) is 4.98 Å². The molecule has 0 atom stereocenters. The van der Waals surface area contributed by atoms with Crippen LogP contribution in [0.2, 0.25) is 0 Å². The second-order valence-corrected chi connectivity index (χ2v) is 9.59. The Bertz CT molecular complexity index is 961. The van der Waals surface area contributed by atoms with Crippen molar-refractivity contribution in [1.82, 2.24) is 40.9 Å². The summed E-state index contributed by atoms with van der Waals surface area (Å²) in [6.45, 7) is 11.8. The maximum absolute atomic E-state index is 4.72. The van der Waals surface area contributed by atoms with Crippen molar-refractivity contribution < 1.29 is 0 Å². The number of rotatable bonds is 14. The molecule has 2 fully saturated rings. The summed E-state index contributed by atoms with van der Waals surface area (Å²) in [6, 6.07) is 0.738. The van der Waals surface area contributed by atoms with Crippen LogP contribution >= 0.6 is 0 Å². The minimum Gasteiger partial charge on any atom is -0.362 e. The highest BCUT2D eigenvalue weighted by atomic mass is 15.5. The molecule has 1 saturated carbocycles. The Morgan fingerprint density at radius 1 is 1.17 bits per heavy atom. The van der Waals surface area contributed by atoms with E-state index in [2.05, 4.69) is 58.0 Å². The van der Waals surface area contributed by atoms with Crippen LogP contribution in [0.25, 0.3) is 11.2 Å². The monoisotopic (exact) mass is 498 g/mol. The van der Waals surface area contributed by atoms with Gasteiger partial charge in [-0.05, 0) is 32.4 Å². The maximum Gasteiger partial charge on any atom is 0.229 e. The van der Waals surface area contributed by atoms with Gasteiger partial charge in [-0.15, -0.1) is 5.11 Å².